The van der Waals surface area contributed by atoms with Gasteiger partial charge in [-0.25, -0.2) is 0 Å². The zero-order valence-corrected chi connectivity index (χ0v) is 8.52. The first-order chi connectivity index (χ1) is 7.00. The number of aliphatic carboxylic acids is 1. The van der Waals surface area contributed by atoms with Gasteiger partial charge >= 0.3 is 5.97 Å². The molecule has 1 aliphatic heterocycles. The monoisotopic (exact) mass is 214 g/mol. The highest BCUT2D eigenvalue weighted by molar-refractivity contribution is 5.87. The highest BCUT2D eigenvalue weighted by Gasteiger charge is 2.23. The maximum Gasteiger partial charge on any atom is 0.308 e. The molecule has 0 aromatic heterocycles. The van der Waals surface area contributed by atoms with E-state index in [0.29, 0.717) is 6.54 Å². The zero-order chi connectivity index (χ0) is 11.4. The maximum atomic E-state index is 11.4. The normalized spacial score (nSPS) is 19.4. The Labute approximate surface area is 87.2 Å². The van der Waals surface area contributed by atoms with E-state index in [9.17, 15) is 14.4 Å². The summed E-state index contributed by atoms with van der Waals surface area (Å²) >= 11 is 0. The van der Waals surface area contributed by atoms with E-state index in [2.05, 4.69) is 5.32 Å². The topological polar surface area (TPSA) is 86.7 Å². The van der Waals surface area contributed by atoms with Gasteiger partial charge in [0.1, 0.15) is 0 Å². The van der Waals surface area contributed by atoms with Crippen molar-refractivity contribution in [3.63, 3.8) is 0 Å². The highest BCUT2D eigenvalue weighted by Crippen LogP contribution is 2.04. The second-order valence-corrected chi connectivity index (χ2v) is 3.61. The fraction of sp³-hybridized carbons (Fsp3) is 0.667. The Hall–Kier alpha value is -1.59. The van der Waals surface area contributed by atoms with E-state index >= 15 is 0 Å². The molecule has 1 aliphatic rings. The molecule has 0 aliphatic carbocycles. The molecule has 0 radical (unpaired) electrons. The molecule has 1 heterocycles. The summed E-state index contributed by atoms with van der Waals surface area (Å²) in [7, 11) is 0. The van der Waals surface area contributed by atoms with Gasteiger partial charge in [-0.05, 0) is 0 Å². The summed E-state index contributed by atoms with van der Waals surface area (Å²) in [4.78, 5) is 34.4. The van der Waals surface area contributed by atoms with Gasteiger partial charge in [0.05, 0.1) is 12.5 Å². The number of carboxylic acid groups (broad SMARTS) is 1. The van der Waals surface area contributed by atoms with Crippen molar-refractivity contribution in [2.24, 2.45) is 5.92 Å². The van der Waals surface area contributed by atoms with Crippen LogP contribution in [0, 0.1) is 5.92 Å². The van der Waals surface area contributed by atoms with Crippen molar-refractivity contribution in [1.29, 1.82) is 0 Å². The average Bonchev–Trinajstić information content (AvgIpc) is 2.32. The Kier molecular flexibility index (Phi) is 3.65. The number of carboxylic acids is 1. The lowest BCUT2D eigenvalue weighted by Crippen LogP contribution is -2.39. The zero-order valence-electron chi connectivity index (χ0n) is 8.52. The quantitative estimate of drug-likeness (QED) is 0.634. The predicted molar refractivity (Wildman–Crippen MR) is 51.0 cm³/mol. The maximum absolute atomic E-state index is 11.4. The molecule has 1 unspecified atom stereocenters. The van der Waals surface area contributed by atoms with Crippen LogP contribution in [0.25, 0.3) is 0 Å². The first-order valence-electron chi connectivity index (χ1n) is 4.78. The molecule has 1 atom stereocenters. The largest absolute Gasteiger partial charge is 0.481 e. The number of nitrogens with zero attached hydrogens (tertiary/aromatic N) is 1. The highest BCUT2D eigenvalue weighted by atomic mass is 16.4. The molecule has 2 amide bonds. The molecule has 0 aromatic carbocycles. The van der Waals surface area contributed by atoms with Gasteiger partial charge in [-0.15, -0.1) is 0 Å². The van der Waals surface area contributed by atoms with Crippen molar-refractivity contribution >= 4 is 17.8 Å². The van der Waals surface area contributed by atoms with Gasteiger partial charge in [-0.2, -0.15) is 0 Å². The molecule has 6 nitrogen and oxygen atoms in total. The molecule has 0 bridgehead atoms. The summed E-state index contributed by atoms with van der Waals surface area (Å²) in [5.41, 5.74) is 0. The van der Waals surface area contributed by atoms with Crippen molar-refractivity contribution in [1.82, 2.24) is 10.2 Å². The Morgan fingerprint density at radius 3 is 2.87 bits per heavy atom. The first kappa shape index (κ1) is 11.5. The first-order valence-corrected chi connectivity index (χ1v) is 4.78. The number of hydrogen-bond donors (Lipinski definition) is 2. The third-order valence-electron chi connectivity index (χ3n) is 2.31. The number of nitrogens with one attached hydrogen (secondary N) is 1. The van der Waals surface area contributed by atoms with Crippen LogP contribution in [0.15, 0.2) is 0 Å². The fourth-order valence-electron chi connectivity index (χ4n) is 1.34. The molecule has 1 rings (SSSR count). The van der Waals surface area contributed by atoms with E-state index in [1.807, 2.05) is 0 Å². The molecule has 0 saturated carbocycles. The second kappa shape index (κ2) is 4.77. The SMILES string of the molecule is CC(CN1CCC(=O)NCC1=O)C(=O)O. The van der Waals surface area contributed by atoms with Crippen molar-refractivity contribution < 1.29 is 19.5 Å². The van der Waals surface area contributed by atoms with Gasteiger partial charge in [0, 0.05) is 19.5 Å². The number of carbonyl (C=O) groups is 3. The molecule has 0 aromatic rings. The average molecular weight is 214 g/mol. The molecule has 84 valence electrons. The lowest BCUT2D eigenvalue weighted by atomic mass is 10.1. The van der Waals surface area contributed by atoms with E-state index in [-0.39, 0.29) is 31.3 Å². The Bertz CT molecular complexity index is 290. The van der Waals surface area contributed by atoms with Crippen LogP contribution in [-0.2, 0) is 14.4 Å². The summed E-state index contributed by atoms with van der Waals surface area (Å²) in [6.45, 7) is 1.95. The van der Waals surface area contributed by atoms with Gasteiger partial charge in [-0.1, -0.05) is 6.92 Å². The molecule has 1 saturated heterocycles. The number of amides is 2. The van der Waals surface area contributed by atoms with Crippen LogP contribution in [0.1, 0.15) is 13.3 Å². The molecule has 15 heavy (non-hydrogen) atoms. The van der Waals surface area contributed by atoms with Crippen LogP contribution in [-0.4, -0.2) is 47.4 Å². The smallest absolute Gasteiger partial charge is 0.308 e. The summed E-state index contributed by atoms with van der Waals surface area (Å²) in [6, 6.07) is 0. The van der Waals surface area contributed by atoms with Crippen LogP contribution < -0.4 is 5.32 Å². The minimum atomic E-state index is -0.939. The van der Waals surface area contributed by atoms with Crippen LogP contribution >= 0.6 is 0 Å². The van der Waals surface area contributed by atoms with Gasteiger partial charge in [-0.3, -0.25) is 14.4 Å². The van der Waals surface area contributed by atoms with Gasteiger partial charge in [0.15, 0.2) is 0 Å². The molecule has 1 fully saturated rings. The minimum Gasteiger partial charge on any atom is -0.481 e. The third-order valence-corrected chi connectivity index (χ3v) is 2.31. The Morgan fingerprint density at radius 1 is 1.60 bits per heavy atom. The molecule has 2 N–H and O–H groups in total. The summed E-state index contributed by atoms with van der Waals surface area (Å²) in [5, 5.41) is 11.1. The fourth-order valence-corrected chi connectivity index (χ4v) is 1.34. The van der Waals surface area contributed by atoms with Crippen molar-refractivity contribution in [3.05, 3.63) is 0 Å². The van der Waals surface area contributed by atoms with E-state index in [1.165, 1.54) is 11.8 Å². The van der Waals surface area contributed by atoms with E-state index in [1.54, 1.807) is 0 Å². The van der Waals surface area contributed by atoms with Crippen LogP contribution in [0.4, 0.5) is 0 Å². The van der Waals surface area contributed by atoms with E-state index in [0.717, 1.165) is 0 Å². The number of carbonyl (C=O) groups excluding carboxylic acids is 2. The second-order valence-electron chi connectivity index (χ2n) is 3.61. The van der Waals surface area contributed by atoms with Crippen molar-refractivity contribution in [2.45, 2.75) is 13.3 Å². The molecule has 6 heteroatoms. The number of rotatable bonds is 3. The minimum absolute atomic E-state index is 0.0365. The van der Waals surface area contributed by atoms with Crippen molar-refractivity contribution in [2.75, 3.05) is 19.6 Å². The third kappa shape index (κ3) is 3.23. The Balaban J connectivity index is 2.56. The van der Waals surface area contributed by atoms with Crippen molar-refractivity contribution in [3.8, 4) is 0 Å². The van der Waals surface area contributed by atoms with Gasteiger partial charge < -0.3 is 15.3 Å². The van der Waals surface area contributed by atoms with Crippen LogP contribution in [0.5, 0.6) is 0 Å². The molecular formula is C9H14N2O4. The van der Waals surface area contributed by atoms with Gasteiger partial charge in [0.2, 0.25) is 11.8 Å². The van der Waals surface area contributed by atoms with Crippen LogP contribution in [0.3, 0.4) is 0 Å². The van der Waals surface area contributed by atoms with E-state index < -0.39 is 11.9 Å². The Morgan fingerprint density at radius 2 is 2.27 bits per heavy atom. The summed E-state index contributed by atoms with van der Waals surface area (Å²) in [5.74, 6) is -1.95. The predicted octanol–water partition coefficient (Wildman–Crippen LogP) is -0.944. The molecule has 0 spiro atoms. The lowest BCUT2D eigenvalue weighted by molar-refractivity contribution is -0.142. The number of hydrogen-bond acceptors (Lipinski definition) is 3. The van der Waals surface area contributed by atoms with Gasteiger partial charge in [0.25, 0.3) is 0 Å². The lowest BCUT2D eigenvalue weighted by Gasteiger charge is -2.21. The summed E-state index contributed by atoms with van der Waals surface area (Å²) in [6.07, 6.45) is 0.234. The standard InChI is InChI=1S/C9H14N2O4/c1-6(9(14)15)5-11-3-2-7(12)10-4-8(11)13/h6H,2-5H2,1H3,(H,10,12)(H,14,15). The molecular weight excluding hydrogens is 200 g/mol. The summed E-state index contributed by atoms with van der Waals surface area (Å²) < 4.78 is 0. The van der Waals surface area contributed by atoms with E-state index in [4.69, 9.17) is 5.11 Å². The van der Waals surface area contributed by atoms with Crippen LogP contribution in [0.2, 0.25) is 0 Å².